The average molecular weight is 336 g/mol. The molecule has 0 saturated carbocycles. The van der Waals surface area contributed by atoms with Gasteiger partial charge in [0.2, 0.25) is 0 Å². The van der Waals surface area contributed by atoms with E-state index in [9.17, 15) is 0 Å². The van der Waals surface area contributed by atoms with Gasteiger partial charge in [-0.3, -0.25) is 0 Å². The number of rotatable bonds is 7. The summed E-state index contributed by atoms with van der Waals surface area (Å²) in [5, 5.41) is 3.63. The van der Waals surface area contributed by atoms with E-state index in [0.29, 0.717) is 5.92 Å². The van der Waals surface area contributed by atoms with Crippen LogP contribution >= 0.6 is 15.9 Å². The molecule has 0 fully saturated rings. The summed E-state index contributed by atoms with van der Waals surface area (Å²) in [5.41, 5.74) is 1.36. The third-order valence-electron chi connectivity index (χ3n) is 3.58. The SMILES string of the molecule is CCCNC(c1ccc(Br)o1)C(CC)c1ccccc1. The summed E-state index contributed by atoms with van der Waals surface area (Å²) in [6, 6.07) is 14.9. The molecule has 2 aromatic rings. The molecule has 2 rings (SSSR count). The predicted molar refractivity (Wildman–Crippen MR) is 86.9 cm³/mol. The summed E-state index contributed by atoms with van der Waals surface area (Å²) in [4.78, 5) is 0. The topological polar surface area (TPSA) is 25.2 Å². The first-order chi connectivity index (χ1) is 9.76. The van der Waals surface area contributed by atoms with Gasteiger partial charge in [-0.05, 0) is 53.0 Å². The van der Waals surface area contributed by atoms with E-state index in [0.717, 1.165) is 29.8 Å². The zero-order valence-corrected chi connectivity index (χ0v) is 13.7. The number of nitrogens with one attached hydrogen (secondary N) is 1. The van der Waals surface area contributed by atoms with Crippen molar-refractivity contribution in [2.45, 2.75) is 38.6 Å². The second kappa shape index (κ2) is 7.65. The quantitative estimate of drug-likeness (QED) is 0.744. The minimum atomic E-state index is 0.216. The Bertz CT molecular complexity index is 509. The second-order valence-electron chi connectivity index (χ2n) is 5.00. The van der Waals surface area contributed by atoms with Gasteiger partial charge < -0.3 is 9.73 Å². The molecule has 20 heavy (non-hydrogen) atoms. The smallest absolute Gasteiger partial charge is 0.169 e. The van der Waals surface area contributed by atoms with Crippen molar-refractivity contribution in [1.82, 2.24) is 5.32 Å². The van der Waals surface area contributed by atoms with Crippen LogP contribution in [0.2, 0.25) is 0 Å². The fourth-order valence-corrected chi connectivity index (χ4v) is 2.92. The lowest BCUT2D eigenvalue weighted by molar-refractivity contribution is 0.353. The number of halogens is 1. The Morgan fingerprint density at radius 2 is 1.85 bits per heavy atom. The van der Waals surface area contributed by atoms with Crippen LogP contribution in [0.3, 0.4) is 0 Å². The zero-order valence-electron chi connectivity index (χ0n) is 12.1. The van der Waals surface area contributed by atoms with E-state index >= 15 is 0 Å². The molecule has 0 radical (unpaired) electrons. The third kappa shape index (κ3) is 3.74. The molecule has 0 aliphatic heterocycles. The molecule has 0 aliphatic rings. The van der Waals surface area contributed by atoms with Gasteiger partial charge in [0.15, 0.2) is 4.67 Å². The highest BCUT2D eigenvalue weighted by molar-refractivity contribution is 9.10. The van der Waals surface area contributed by atoms with Gasteiger partial charge >= 0.3 is 0 Å². The minimum absolute atomic E-state index is 0.216. The van der Waals surface area contributed by atoms with Crippen LogP contribution < -0.4 is 5.32 Å². The Labute approximate surface area is 129 Å². The van der Waals surface area contributed by atoms with Crippen LogP contribution in [0.25, 0.3) is 0 Å². The summed E-state index contributed by atoms with van der Waals surface area (Å²) in [6.07, 6.45) is 2.19. The molecule has 0 bridgehead atoms. The Morgan fingerprint density at radius 3 is 2.40 bits per heavy atom. The van der Waals surface area contributed by atoms with E-state index in [1.165, 1.54) is 5.56 Å². The van der Waals surface area contributed by atoms with Crippen molar-refractivity contribution >= 4 is 15.9 Å². The summed E-state index contributed by atoms with van der Waals surface area (Å²) in [6.45, 7) is 5.41. The number of hydrogen-bond donors (Lipinski definition) is 1. The van der Waals surface area contributed by atoms with Crippen LogP contribution in [0.5, 0.6) is 0 Å². The van der Waals surface area contributed by atoms with Crippen molar-refractivity contribution in [1.29, 1.82) is 0 Å². The van der Waals surface area contributed by atoms with Gasteiger partial charge in [0, 0.05) is 5.92 Å². The van der Waals surface area contributed by atoms with Crippen LogP contribution in [-0.4, -0.2) is 6.54 Å². The molecule has 2 unspecified atom stereocenters. The van der Waals surface area contributed by atoms with Crippen molar-refractivity contribution in [3.8, 4) is 0 Å². The normalized spacial score (nSPS) is 14.2. The van der Waals surface area contributed by atoms with Gasteiger partial charge in [0.1, 0.15) is 5.76 Å². The molecular weight excluding hydrogens is 314 g/mol. The number of furan rings is 1. The summed E-state index contributed by atoms with van der Waals surface area (Å²) >= 11 is 3.40. The van der Waals surface area contributed by atoms with E-state index in [1.54, 1.807) is 0 Å². The maximum absolute atomic E-state index is 5.80. The van der Waals surface area contributed by atoms with Crippen LogP contribution in [0.15, 0.2) is 51.6 Å². The third-order valence-corrected chi connectivity index (χ3v) is 4.01. The average Bonchev–Trinajstić information content (AvgIpc) is 2.90. The molecule has 3 heteroatoms. The maximum atomic E-state index is 5.80. The minimum Gasteiger partial charge on any atom is -0.453 e. The first-order valence-corrected chi connectivity index (χ1v) is 8.09. The van der Waals surface area contributed by atoms with E-state index in [2.05, 4.69) is 71.5 Å². The number of hydrogen-bond acceptors (Lipinski definition) is 2. The molecule has 2 atom stereocenters. The van der Waals surface area contributed by atoms with E-state index < -0.39 is 0 Å². The molecule has 0 spiro atoms. The molecule has 1 heterocycles. The van der Waals surface area contributed by atoms with Crippen LogP contribution in [0.4, 0.5) is 0 Å². The molecule has 1 aromatic carbocycles. The van der Waals surface area contributed by atoms with E-state index in [1.807, 2.05) is 6.07 Å². The van der Waals surface area contributed by atoms with Gasteiger partial charge in [-0.1, -0.05) is 44.2 Å². The first kappa shape index (κ1) is 15.3. The summed E-state index contributed by atoms with van der Waals surface area (Å²) in [7, 11) is 0. The Morgan fingerprint density at radius 1 is 1.10 bits per heavy atom. The molecule has 0 amide bonds. The van der Waals surface area contributed by atoms with Gasteiger partial charge in [-0.2, -0.15) is 0 Å². The summed E-state index contributed by atoms with van der Waals surface area (Å²) < 4.78 is 6.59. The van der Waals surface area contributed by atoms with Gasteiger partial charge in [-0.15, -0.1) is 0 Å². The zero-order chi connectivity index (χ0) is 14.4. The van der Waals surface area contributed by atoms with Crippen molar-refractivity contribution in [2.75, 3.05) is 6.54 Å². The molecule has 0 aliphatic carbocycles. The summed E-state index contributed by atoms with van der Waals surface area (Å²) in [5.74, 6) is 1.42. The molecule has 0 saturated heterocycles. The second-order valence-corrected chi connectivity index (χ2v) is 5.78. The van der Waals surface area contributed by atoms with Crippen molar-refractivity contribution in [3.05, 3.63) is 58.5 Å². The monoisotopic (exact) mass is 335 g/mol. The molecule has 1 N–H and O–H groups in total. The van der Waals surface area contributed by atoms with E-state index in [4.69, 9.17) is 4.42 Å². The fourth-order valence-electron chi connectivity index (χ4n) is 2.60. The lowest BCUT2D eigenvalue weighted by Gasteiger charge is -2.26. The van der Waals surface area contributed by atoms with E-state index in [-0.39, 0.29) is 6.04 Å². The highest BCUT2D eigenvalue weighted by atomic mass is 79.9. The standard InChI is InChI=1S/C17H22BrNO/c1-3-12-19-17(15-10-11-16(18)20-15)14(4-2)13-8-6-5-7-9-13/h5-11,14,17,19H,3-4,12H2,1-2H3. The number of benzene rings is 1. The molecular formula is C17H22BrNO. The van der Waals surface area contributed by atoms with Crippen LogP contribution in [-0.2, 0) is 0 Å². The largest absolute Gasteiger partial charge is 0.453 e. The Balaban J connectivity index is 2.28. The first-order valence-electron chi connectivity index (χ1n) is 7.29. The molecule has 1 aromatic heterocycles. The van der Waals surface area contributed by atoms with Gasteiger partial charge in [-0.25, -0.2) is 0 Å². The highest BCUT2D eigenvalue weighted by Gasteiger charge is 2.25. The Hall–Kier alpha value is -1.06. The van der Waals surface area contributed by atoms with Crippen LogP contribution in [0, 0.1) is 0 Å². The van der Waals surface area contributed by atoms with Crippen molar-refractivity contribution in [2.24, 2.45) is 0 Å². The maximum Gasteiger partial charge on any atom is 0.169 e. The highest BCUT2D eigenvalue weighted by Crippen LogP contribution is 2.35. The van der Waals surface area contributed by atoms with Crippen molar-refractivity contribution < 1.29 is 4.42 Å². The van der Waals surface area contributed by atoms with Gasteiger partial charge in [0.05, 0.1) is 6.04 Å². The molecule has 108 valence electrons. The Kier molecular flexibility index (Phi) is 5.86. The van der Waals surface area contributed by atoms with Crippen molar-refractivity contribution in [3.63, 3.8) is 0 Å². The fraction of sp³-hybridized carbons (Fsp3) is 0.412. The van der Waals surface area contributed by atoms with Crippen LogP contribution in [0.1, 0.15) is 50.0 Å². The molecule has 2 nitrogen and oxygen atoms in total. The predicted octanol–water partition coefficient (Wildman–Crippen LogP) is 5.28. The lowest BCUT2D eigenvalue weighted by Crippen LogP contribution is -2.27. The lowest BCUT2D eigenvalue weighted by atomic mass is 9.87. The van der Waals surface area contributed by atoms with Gasteiger partial charge in [0.25, 0.3) is 0 Å².